The van der Waals surface area contributed by atoms with E-state index < -0.39 is 10.0 Å². The Balaban J connectivity index is 1.09. The van der Waals surface area contributed by atoms with Crippen LogP contribution in [0.15, 0.2) is 35.5 Å². The molecule has 1 unspecified atom stereocenters. The van der Waals surface area contributed by atoms with Crippen molar-refractivity contribution in [3.05, 3.63) is 47.4 Å². The quantitative estimate of drug-likeness (QED) is 0.578. The zero-order chi connectivity index (χ0) is 26.4. The second-order valence-corrected chi connectivity index (χ2v) is 12.3. The molecule has 202 valence electrons. The molecule has 0 radical (unpaired) electrons. The summed E-state index contributed by atoms with van der Waals surface area (Å²) >= 11 is 0. The van der Waals surface area contributed by atoms with E-state index in [1.807, 2.05) is 11.0 Å². The molecule has 0 spiro atoms. The maximum atomic E-state index is 13.4. The van der Waals surface area contributed by atoms with Crippen LogP contribution in [0.2, 0.25) is 0 Å². The van der Waals surface area contributed by atoms with Crippen LogP contribution >= 0.6 is 0 Å². The summed E-state index contributed by atoms with van der Waals surface area (Å²) in [6, 6.07) is 4.62. The van der Waals surface area contributed by atoms with E-state index in [1.54, 1.807) is 11.1 Å². The Morgan fingerprint density at radius 3 is 2.26 bits per heavy atom. The highest BCUT2D eigenvalue weighted by atomic mass is 32.2. The molecule has 4 aliphatic rings. The number of carbonyl (C=O) groups is 2. The molecule has 5 heterocycles. The minimum atomic E-state index is -3.87. The Hall–Kier alpha value is -3.09. The van der Waals surface area contributed by atoms with Gasteiger partial charge in [-0.25, -0.2) is 23.5 Å². The Morgan fingerprint density at radius 2 is 1.68 bits per heavy atom. The number of primary sulfonamides is 1. The molecule has 2 amide bonds. The number of hydrogen-bond acceptors (Lipinski definition) is 8. The Bertz CT molecular complexity index is 1330. The Labute approximate surface area is 221 Å². The number of likely N-dealkylation sites (tertiary alicyclic amines) is 2. The van der Waals surface area contributed by atoms with Gasteiger partial charge in [-0.2, -0.15) is 0 Å². The molecule has 4 fully saturated rings. The number of ether oxygens (including phenoxy) is 2. The molecule has 38 heavy (non-hydrogen) atoms. The van der Waals surface area contributed by atoms with Gasteiger partial charge in [0.15, 0.2) is 0 Å². The van der Waals surface area contributed by atoms with Gasteiger partial charge >= 0.3 is 0 Å². The Kier molecular flexibility index (Phi) is 6.57. The van der Waals surface area contributed by atoms with E-state index in [2.05, 4.69) is 9.97 Å². The number of sulfonamides is 1. The van der Waals surface area contributed by atoms with Crippen LogP contribution in [0.5, 0.6) is 5.88 Å². The van der Waals surface area contributed by atoms with E-state index in [0.717, 1.165) is 44.1 Å². The van der Waals surface area contributed by atoms with Crippen molar-refractivity contribution >= 4 is 21.8 Å². The van der Waals surface area contributed by atoms with Crippen LogP contribution in [0.25, 0.3) is 0 Å². The fourth-order valence-corrected chi connectivity index (χ4v) is 6.14. The molecular weight excluding hydrogens is 510 g/mol. The molecule has 3 atom stereocenters. The molecule has 0 bridgehead atoms. The summed E-state index contributed by atoms with van der Waals surface area (Å²) < 4.78 is 34.6. The van der Waals surface area contributed by atoms with Crippen LogP contribution in [0.3, 0.4) is 0 Å². The number of fused-ring (bicyclic) bond motifs is 1. The van der Waals surface area contributed by atoms with Gasteiger partial charge in [0.25, 0.3) is 11.8 Å². The molecular formula is C26H31N5O6S. The number of rotatable bonds is 6. The third kappa shape index (κ3) is 5.12. The van der Waals surface area contributed by atoms with E-state index in [-0.39, 0.29) is 40.3 Å². The van der Waals surface area contributed by atoms with Gasteiger partial charge in [0.2, 0.25) is 15.9 Å². The molecule has 12 heteroatoms. The smallest absolute Gasteiger partial charge is 0.272 e. The zero-order valence-electron chi connectivity index (χ0n) is 21.0. The molecule has 1 saturated carbocycles. The summed E-state index contributed by atoms with van der Waals surface area (Å²) in [5.41, 5.74) is 1.76. The highest BCUT2D eigenvalue weighted by Crippen LogP contribution is 2.44. The van der Waals surface area contributed by atoms with Gasteiger partial charge in [-0.3, -0.25) is 9.59 Å². The number of amides is 2. The van der Waals surface area contributed by atoms with Gasteiger partial charge in [0, 0.05) is 62.6 Å². The first kappa shape index (κ1) is 25.2. The van der Waals surface area contributed by atoms with Gasteiger partial charge in [-0.1, -0.05) is 0 Å². The standard InChI is InChI=1S/C26H31N5O6S/c27-38(34,35)21-5-6-23(28-10-21)26(33)31-13-18-11-30(12-19(18)14-31)25(32)17-8-22(16-3-4-16)24(29-9-17)37-20-2-1-7-36-15-20/h5-6,8-10,16,18-20H,1-4,7,11-15H2,(H2,27,34,35)/t18-,19-,20?/m1/s1. The number of pyridine rings is 2. The van der Waals surface area contributed by atoms with Crippen molar-refractivity contribution in [3.8, 4) is 5.88 Å². The highest BCUT2D eigenvalue weighted by Gasteiger charge is 2.43. The van der Waals surface area contributed by atoms with Gasteiger partial charge in [-0.15, -0.1) is 0 Å². The lowest BCUT2D eigenvalue weighted by atomic mass is 10.0. The second-order valence-electron chi connectivity index (χ2n) is 10.7. The first-order chi connectivity index (χ1) is 18.3. The molecule has 1 aliphatic carbocycles. The summed E-state index contributed by atoms with van der Waals surface area (Å²) in [6.07, 6.45) is 6.79. The van der Waals surface area contributed by atoms with Crippen LogP contribution in [0, 0.1) is 11.8 Å². The van der Waals surface area contributed by atoms with E-state index in [9.17, 15) is 18.0 Å². The SMILES string of the molecule is NS(=O)(=O)c1ccc(C(=O)N2C[C@H]3CN(C(=O)c4cnc(OC5CCCOC5)c(C5CC5)c4)C[C@@H]3C2)nc1. The maximum absolute atomic E-state index is 13.4. The molecule has 3 aliphatic heterocycles. The van der Waals surface area contributed by atoms with Crippen molar-refractivity contribution in [2.24, 2.45) is 17.0 Å². The lowest BCUT2D eigenvalue weighted by Gasteiger charge is -2.24. The monoisotopic (exact) mass is 541 g/mol. The predicted octanol–water partition coefficient (Wildman–Crippen LogP) is 1.40. The van der Waals surface area contributed by atoms with Crippen LogP contribution in [0.1, 0.15) is 58.0 Å². The van der Waals surface area contributed by atoms with E-state index in [0.29, 0.717) is 50.1 Å². The highest BCUT2D eigenvalue weighted by molar-refractivity contribution is 7.89. The summed E-state index contributed by atoms with van der Waals surface area (Å²) in [5.74, 6) is 1.07. The second kappa shape index (κ2) is 9.90. The summed E-state index contributed by atoms with van der Waals surface area (Å²) in [4.78, 5) is 38.3. The van der Waals surface area contributed by atoms with Crippen LogP contribution in [-0.4, -0.2) is 85.5 Å². The fourth-order valence-electron chi connectivity index (χ4n) is 5.68. The molecule has 3 saturated heterocycles. The summed E-state index contributed by atoms with van der Waals surface area (Å²) in [6.45, 7) is 3.52. The van der Waals surface area contributed by atoms with Crippen LogP contribution < -0.4 is 9.88 Å². The normalized spacial score (nSPS) is 25.3. The number of aromatic nitrogens is 2. The number of carbonyl (C=O) groups excluding carboxylic acids is 2. The first-order valence-corrected chi connectivity index (χ1v) is 14.6. The lowest BCUT2D eigenvalue weighted by molar-refractivity contribution is 0.00505. The summed E-state index contributed by atoms with van der Waals surface area (Å²) in [5, 5.41) is 5.11. The summed E-state index contributed by atoms with van der Waals surface area (Å²) in [7, 11) is -3.87. The number of nitrogens with two attached hydrogens (primary N) is 1. The third-order valence-corrected chi connectivity index (χ3v) is 8.78. The molecule has 11 nitrogen and oxygen atoms in total. The minimum absolute atomic E-state index is 0.000696. The number of hydrogen-bond donors (Lipinski definition) is 1. The number of nitrogens with zero attached hydrogens (tertiary/aromatic N) is 4. The van der Waals surface area contributed by atoms with Gasteiger partial charge < -0.3 is 19.3 Å². The topological polar surface area (TPSA) is 145 Å². The largest absolute Gasteiger partial charge is 0.472 e. The molecule has 2 aromatic heterocycles. The van der Waals surface area contributed by atoms with Gasteiger partial charge in [-0.05, 0) is 49.8 Å². The van der Waals surface area contributed by atoms with Crippen molar-refractivity contribution < 1.29 is 27.5 Å². The molecule has 6 rings (SSSR count). The third-order valence-electron chi connectivity index (χ3n) is 7.88. The molecule has 2 aromatic rings. The molecule has 2 N–H and O–H groups in total. The van der Waals surface area contributed by atoms with E-state index >= 15 is 0 Å². The van der Waals surface area contributed by atoms with Crippen molar-refractivity contribution in [2.75, 3.05) is 39.4 Å². The fraction of sp³-hybridized carbons (Fsp3) is 0.538. The van der Waals surface area contributed by atoms with E-state index in [1.165, 1.54) is 12.1 Å². The first-order valence-electron chi connectivity index (χ1n) is 13.1. The average molecular weight is 542 g/mol. The molecule has 0 aromatic carbocycles. The van der Waals surface area contributed by atoms with Crippen molar-refractivity contribution in [1.82, 2.24) is 19.8 Å². The maximum Gasteiger partial charge on any atom is 0.272 e. The lowest BCUT2D eigenvalue weighted by Crippen LogP contribution is -2.36. The van der Waals surface area contributed by atoms with Gasteiger partial charge in [0.05, 0.1) is 12.2 Å². The van der Waals surface area contributed by atoms with E-state index in [4.69, 9.17) is 14.6 Å². The van der Waals surface area contributed by atoms with Crippen LogP contribution in [0.4, 0.5) is 0 Å². The zero-order valence-corrected chi connectivity index (χ0v) is 21.8. The Morgan fingerprint density at radius 1 is 0.974 bits per heavy atom. The van der Waals surface area contributed by atoms with Crippen LogP contribution in [-0.2, 0) is 14.8 Å². The average Bonchev–Trinajstić information content (AvgIpc) is 3.57. The van der Waals surface area contributed by atoms with Crippen molar-refractivity contribution in [3.63, 3.8) is 0 Å². The van der Waals surface area contributed by atoms with Gasteiger partial charge in [0.1, 0.15) is 16.7 Å². The predicted molar refractivity (Wildman–Crippen MR) is 135 cm³/mol. The minimum Gasteiger partial charge on any atom is -0.472 e. The van der Waals surface area contributed by atoms with Crippen molar-refractivity contribution in [2.45, 2.75) is 42.6 Å². The van der Waals surface area contributed by atoms with Crippen molar-refractivity contribution in [1.29, 1.82) is 0 Å².